The molecule has 26 heavy (non-hydrogen) atoms. The molecular weight excluding hydrogens is 330 g/mol. The molecule has 0 saturated carbocycles. The summed E-state index contributed by atoms with van der Waals surface area (Å²) < 4.78 is 3.50. The van der Waals surface area contributed by atoms with E-state index in [0.717, 1.165) is 23.3 Å². The van der Waals surface area contributed by atoms with E-state index >= 15 is 0 Å². The summed E-state index contributed by atoms with van der Waals surface area (Å²) in [6, 6.07) is 8.79. The molecule has 0 aliphatic carbocycles. The number of benzene rings is 1. The van der Waals surface area contributed by atoms with Crippen molar-refractivity contribution in [3.05, 3.63) is 64.5 Å². The SMILES string of the molecule is Cn1ccnc1C1CNCCN1C(=O)c1cc(=O)n(C)c2ccccc12. The first-order valence-electron chi connectivity index (χ1n) is 8.65. The number of imidazole rings is 1. The second-order valence-electron chi connectivity index (χ2n) is 6.59. The number of fused-ring (bicyclic) bond motifs is 1. The number of carbonyl (C=O) groups is 1. The highest BCUT2D eigenvalue weighted by Crippen LogP contribution is 2.25. The standard InChI is InChI=1S/C19H21N5O2/c1-22-9-8-21-18(22)16-12-20-7-10-24(16)19(26)14-11-17(25)23(2)15-6-4-3-5-13(14)15/h3-6,8-9,11,16,20H,7,10,12H2,1-2H3. The average Bonchev–Trinajstić information content (AvgIpc) is 3.10. The lowest BCUT2D eigenvalue weighted by atomic mass is 10.0. The molecule has 0 radical (unpaired) electrons. The molecule has 7 heteroatoms. The molecule has 0 bridgehead atoms. The zero-order valence-corrected chi connectivity index (χ0v) is 14.8. The fraction of sp³-hybridized carbons (Fsp3) is 0.316. The van der Waals surface area contributed by atoms with Gasteiger partial charge in [0.25, 0.3) is 11.5 Å². The van der Waals surface area contributed by atoms with Gasteiger partial charge in [-0.3, -0.25) is 9.59 Å². The van der Waals surface area contributed by atoms with Gasteiger partial charge in [0.15, 0.2) is 0 Å². The number of piperazine rings is 1. The number of nitrogens with one attached hydrogen (secondary N) is 1. The number of rotatable bonds is 2. The van der Waals surface area contributed by atoms with Crippen molar-refractivity contribution in [1.29, 1.82) is 0 Å². The van der Waals surface area contributed by atoms with E-state index in [0.29, 0.717) is 18.7 Å². The summed E-state index contributed by atoms with van der Waals surface area (Å²) in [6.07, 6.45) is 3.61. The number of carbonyl (C=O) groups excluding carboxylic acids is 1. The lowest BCUT2D eigenvalue weighted by molar-refractivity contribution is 0.0622. The maximum absolute atomic E-state index is 13.4. The largest absolute Gasteiger partial charge is 0.336 e. The van der Waals surface area contributed by atoms with Crippen molar-refractivity contribution in [1.82, 2.24) is 24.3 Å². The third kappa shape index (κ3) is 2.61. The first-order chi connectivity index (χ1) is 12.6. The van der Waals surface area contributed by atoms with Crippen LogP contribution in [0.3, 0.4) is 0 Å². The number of hydrogen-bond acceptors (Lipinski definition) is 4. The van der Waals surface area contributed by atoms with E-state index in [-0.39, 0.29) is 17.5 Å². The molecule has 1 aromatic carbocycles. The number of para-hydroxylation sites is 1. The van der Waals surface area contributed by atoms with Crippen molar-refractivity contribution in [2.24, 2.45) is 14.1 Å². The smallest absolute Gasteiger partial charge is 0.255 e. The van der Waals surface area contributed by atoms with Crippen molar-refractivity contribution < 1.29 is 4.79 Å². The minimum atomic E-state index is -0.185. The van der Waals surface area contributed by atoms with E-state index in [1.54, 1.807) is 17.8 Å². The Hall–Kier alpha value is -2.93. The van der Waals surface area contributed by atoms with Crippen LogP contribution in [0.4, 0.5) is 0 Å². The molecule has 1 aliphatic rings. The molecule has 7 nitrogen and oxygen atoms in total. The number of nitrogens with zero attached hydrogens (tertiary/aromatic N) is 4. The fourth-order valence-corrected chi connectivity index (χ4v) is 3.62. The Morgan fingerprint density at radius 2 is 2.08 bits per heavy atom. The Labute approximate surface area is 150 Å². The number of pyridine rings is 1. The van der Waals surface area contributed by atoms with Gasteiger partial charge in [-0.05, 0) is 6.07 Å². The topological polar surface area (TPSA) is 72.2 Å². The van der Waals surface area contributed by atoms with E-state index in [1.165, 1.54) is 6.07 Å². The molecule has 4 rings (SSSR count). The molecule has 1 aliphatic heterocycles. The van der Waals surface area contributed by atoms with Crippen LogP contribution < -0.4 is 10.9 Å². The molecule has 3 heterocycles. The van der Waals surface area contributed by atoms with E-state index in [1.807, 2.05) is 47.0 Å². The average molecular weight is 351 g/mol. The van der Waals surface area contributed by atoms with Crippen LogP contribution in [0.1, 0.15) is 22.2 Å². The van der Waals surface area contributed by atoms with Crippen LogP contribution in [-0.4, -0.2) is 44.6 Å². The molecule has 1 unspecified atom stereocenters. The van der Waals surface area contributed by atoms with Crippen molar-refractivity contribution in [3.63, 3.8) is 0 Å². The van der Waals surface area contributed by atoms with Gasteiger partial charge < -0.3 is 19.4 Å². The first kappa shape index (κ1) is 16.5. The molecule has 1 amide bonds. The molecule has 0 spiro atoms. The van der Waals surface area contributed by atoms with Gasteiger partial charge in [0.05, 0.1) is 11.1 Å². The summed E-state index contributed by atoms with van der Waals surface area (Å²) in [6.45, 7) is 1.93. The molecule has 134 valence electrons. The Morgan fingerprint density at radius 1 is 1.27 bits per heavy atom. The highest BCUT2D eigenvalue weighted by molar-refractivity contribution is 6.06. The van der Waals surface area contributed by atoms with E-state index in [2.05, 4.69) is 10.3 Å². The second kappa shape index (κ2) is 6.42. The zero-order valence-electron chi connectivity index (χ0n) is 14.8. The molecule has 1 saturated heterocycles. The third-order valence-corrected chi connectivity index (χ3v) is 5.05. The number of hydrogen-bond donors (Lipinski definition) is 1. The predicted octanol–water partition coefficient (Wildman–Crippen LogP) is 1.06. The van der Waals surface area contributed by atoms with Gasteiger partial charge in [-0.15, -0.1) is 0 Å². The Balaban J connectivity index is 1.82. The monoisotopic (exact) mass is 351 g/mol. The molecule has 2 aromatic heterocycles. The minimum absolute atomic E-state index is 0.131. The summed E-state index contributed by atoms with van der Waals surface area (Å²) in [5, 5.41) is 4.12. The molecule has 1 atom stereocenters. The van der Waals surface area contributed by atoms with Gasteiger partial charge in [-0.1, -0.05) is 18.2 Å². The lowest BCUT2D eigenvalue weighted by Gasteiger charge is -2.36. The highest BCUT2D eigenvalue weighted by Gasteiger charge is 2.32. The van der Waals surface area contributed by atoms with Crippen molar-refractivity contribution in [2.45, 2.75) is 6.04 Å². The number of aryl methyl sites for hydroxylation is 2. The maximum atomic E-state index is 13.4. The van der Waals surface area contributed by atoms with Gasteiger partial charge in [0.2, 0.25) is 0 Å². The van der Waals surface area contributed by atoms with Crippen LogP contribution in [0.2, 0.25) is 0 Å². The Kier molecular flexibility index (Phi) is 4.08. The highest BCUT2D eigenvalue weighted by atomic mass is 16.2. The summed E-state index contributed by atoms with van der Waals surface area (Å²) in [5.41, 5.74) is 1.02. The normalized spacial score (nSPS) is 17.6. The van der Waals surface area contributed by atoms with E-state index in [4.69, 9.17) is 0 Å². The van der Waals surface area contributed by atoms with Gasteiger partial charge >= 0.3 is 0 Å². The van der Waals surface area contributed by atoms with Crippen molar-refractivity contribution >= 4 is 16.8 Å². The van der Waals surface area contributed by atoms with Crippen LogP contribution in [0, 0.1) is 0 Å². The van der Waals surface area contributed by atoms with Crippen LogP contribution >= 0.6 is 0 Å². The fourth-order valence-electron chi connectivity index (χ4n) is 3.62. The summed E-state index contributed by atoms with van der Waals surface area (Å²) >= 11 is 0. The van der Waals surface area contributed by atoms with Crippen LogP contribution in [0.25, 0.3) is 10.9 Å². The third-order valence-electron chi connectivity index (χ3n) is 5.05. The Morgan fingerprint density at radius 3 is 2.85 bits per heavy atom. The van der Waals surface area contributed by atoms with Crippen molar-refractivity contribution in [3.8, 4) is 0 Å². The summed E-state index contributed by atoms with van der Waals surface area (Å²) in [4.78, 5) is 32.0. The van der Waals surface area contributed by atoms with E-state index < -0.39 is 0 Å². The van der Waals surface area contributed by atoms with Gasteiger partial charge in [0.1, 0.15) is 11.9 Å². The summed E-state index contributed by atoms with van der Waals surface area (Å²) in [5.74, 6) is 0.701. The maximum Gasteiger partial charge on any atom is 0.255 e. The van der Waals surface area contributed by atoms with Gasteiger partial charge in [-0.2, -0.15) is 0 Å². The molecular formula is C19H21N5O2. The second-order valence-corrected chi connectivity index (χ2v) is 6.59. The quantitative estimate of drug-likeness (QED) is 0.749. The van der Waals surface area contributed by atoms with Crippen molar-refractivity contribution in [2.75, 3.05) is 19.6 Å². The lowest BCUT2D eigenvalue weighted by Crippen LogP contribution is -2.49. The van der Waals surface area contributed by atoms with Crippen LogP contribution in [0.5, 0.6) is 0 Å². The summed E-state index contributed by atoms with van der Waals surface area (Å²) in [7, 11) is 3.65. The van der Waals surface area contributed by atoms with Gasteiger partial charge in [-0.25, -0.2) is 4.98 Å². The zero-order chi connectivity index (χ0) is 18.3. The van der Waals surface area contributed by atoms with E-state index in [9.17, 15) is 9.59 Å². The van der Waals surface area contributed by atoms with Crippen LogP contribution in [0.15, 0.2) is 47.5 Å². The Bertz CT molecular complexity index is 1040. The van der Waals surface area contributed by atoms with Crippen LogP contribution in [-0.2, 0) is 14.1 Å². The number of amides is 1. The van der Waals surface area contributed by atoms with Gasteiger partial charge in [0, 0.05) is 57.6 Å². The molecule has 3 aromatic rings. The minimum Gasteiger partial charge on any atom is -0.336 e. The predicted molar refractivity (Wildman–Crippen MR) is 99.0 cm³/mol. The molecule has 1 fully saturated rings. The number of aromatic nitrogens is 3. The molecule has 1 N–H and O–H groups in total. The first-order valence-corrected chi connectivity index (χ1v) is 8.65.